The lowest BCUT2D eigenvalue weighted by molar-refractivity contribution is 0.152. The third-order valence-corrected chi connectivity index (χ3v) is 3.65. The number of aliphatic hydroxyl groups excluding tert-OH is 1. The van der Waals surface area contributed by atoms with Crippen LogP contribution in [0.2, 0.25) is 0 Å². The van der Waals surface area contributed by atoms with Crippen molar-refractivity contribution in [3.8, 4) is 0 Å². The molecule has 3 aromatic rings. The van der Waals surface area contributed by atoms with Crippen molar-refractivity contribution in [1.82, 2.24) is 4.98 Å². The molecule has 0 aliphatic rings. The number of nitrogens with zero attached hydrogens (tertiary/aromatic N) is 1. The van der Waals surface area contributed by atoms with Crippen LogP contribution >= 0.6 is 15.9 Å². The van der Waals surface area contributed by atoms with Gasteiger partial charge in [-0.3, -0.25) is 4.98 Å². The van der Waals surface area contributed by atoms with Gasteiger partial charge in [-0.1, -0.05) is 12.1 Å². The number of fused-ring (bicyclic) bond motifs is 1. The highest BCUT2D eigenvalue weighted by molar-refractivity contribution is 9.10. The van der Waals surface area contributed by atoms with Crippen molar-refractivity contribution in [2.75, 3.05) is 0 Å². The van der Waals surface area contributed by atoms with Crippen LogP contribution in [0.25, 0.3) is 11.0 Å². The van der Waals surface area contributed by atoms with Gasteiger partial charge in [-0.25, -0.2) is 0 Å². The van der Waals surface area contributed by atoms with Crippen LogP contribution in [-0.4, -0.2) is 10.1 Å². The highest BCUT2D eigenvalue weighted by Gasteiger charge is 2.15. The van der Waals surface area contributed by atoms with Crippen molar-refractivity contribution in [3.63, 3.8) is 0 Å². The second kappa shape index (κ2) is 5.15. The van der Waals surface area contributed by atoms with Gasteiger partial charge in [0.15, 0.2) is 0 Å². The summed E-state index contributed by atoms with van der Waals surface area (Å²) in [5.74, 6) is 0.582. The smallest absolute Gasteiger partial charge is 0.148 e. The molecule has 0 fully saturated rings. The molecule has 1 N–H and O–H groups in total. The van der Waals surface area contributed by atoms with Gasteiger partial charge < -0.3 is 9.52 Å². The third-order valence-electron chi connectivity index (χ3n) is 3.02. The number of halogens is 1. The fraction of sp³-hybridized carbons (Fsp3) is 0.133. The molecule has 4 heteroatoms. The van der Waals surface area contributed by atoms with Crippen molar-refractivity contribution in [1.29, 1.82) is 0 Å². The number of pyridine rings is 1. The molecule has 1 aromatic carbocycles. The lowest BCUT2D eigenvalue weighted by Crippen LogP contribution is -2.00. The average molecular weight is 318 g/mol. The lowest BCUT2D eigenvalue weighted by Gasteiger charge is -2.06. The minimum Gasteiger partial charge on any atom is -0.457 e. The van der Waals surface area contributed by atoms with Crippen LogP contribution in [0.5, 0.6) is 0 Å². The molecule has 0 radical (unpaired) electrons. The van der Waals surface area contributed by atoms with Gasteiger partial charge >= 0.3 is 0 Å². The summed E-state index contributed by atoms with van der Waals surface area (Å²) in [5, 5.41) is 11.2. The monoisotopic (exact) mass is 317 g/mol. The molecule has 1 unspecified atom stereocenters. The van der Waals surface area contributed by atoms with Crippen molar-refractivity contribution in [3.05, 3.63) is 64.6 Å². The highest BCUT2D eigenvalue weighted by atomic mass is 79.9. The van der Waals surface area contributed by atoms with E-state index in [0.717, 1.165) is 21.0 Å². The molecule has 19 heavy (non-hydrogen) atoms. The van der Waals surface area contributed by atoms with Crippen molar-refractivity contribution < 1.29 is 9.52 Å². The second-order valence-electron chi connectivity index (χ2n) is 4.38. The van der Waals surface area contributed by atoms with Crippen LogP contribution in [0.1, 0.15) is 17.4 Å². The van der Waals surface area contributed by atoms with E-state index in [1.807, 2.05) is 36.4 Å². The Hall–Kier alpha value is -1.65. The second-order valence-corrected chi connectivity index (χ2v) is 5.24. The zero-order valence-electron chi connectivity index (χ0n) is 10.1. The first kappa shape index (κ1) is 12.4. The first-order valence-electron chi connectivity index (χ1n) is 5.99. The van der Waals surface area contributed by atoms with E-state index in [0.29, 0.717) is 12.2 Å². The molecule has 0 aliphatic carbocycles. The quantitative estimate of drug-likeness (QED) is 0.797. The lowest BCUT2D eigenvalue weighted by atomic mass is 10.1. The summed E-state index contributed by atoms with van der Waals surface area (Å²) in [6.07, 6.45) is 3.30. The molecule has 0 aliphatic heterocycles. The summed E-state index contributed by atoms with van der Waals surface area (Å²) in [4.78, 5) is 3.96. The van der Waals surface area contributed by atoms with Crippen LogP contribution in [0.4, 0.5) is 0 Å². The number of hydrogen-bond donors (Lipinski definition) is 1. The molecule has 0 saturated heterocycles. The molecule has 0 bridgehead atoms. The van der Waals surface area contributed by atoms with Crippen molar-refractivity contribution in [2.24, 2.45) is 0 Å². The zero-order valence-corrected chi connectivity index (χ0v) is 11.7. The molecule has 0 amide bonds. The minimum atomic E-state index is -0.651. The van der Waals surface area contributed by atoms with E-state index in [2.05, 4.69) is 20.9 Å². The van der Waals surface area contributed by atoms with Crippen LogP contribution in [-0.2, 0) is 6.42 Å². The van der Waals surface area contributed by atoms with Gasteiger partial charge in [-0.05, 0) is 45.8 Å². The molecule has 2 aromatic heterocycles. The summed E-state index contributed by atoms with van der Waals surface area (Å²) in [5.41, 5.74) is 1.80. The molecule has 0 saturated carbocycles. The van der Waals surface area contributed by atoms with E-state index in [1.165, 1.54) is 0 Å². The largest absolute Gasteiger partial charge is 0.457 e. The van der Waals surface area contributed by atoms with Crippen molar-refractivity contribution in [2.45, 2.75) is 12.5 Å². The Morgan fingerprint density at radius 2 is 2.00 bits per heavy atom. The van der Waals surface area contributed by atoms with Gasteiger partial charge in [-0.15, -0.1) is 0 Å². The Morgan fingerprint density at radius 1 is 1.21 bits per heavy atom. The van der Waals surface area contributed by atoms with Gasteiger partial charge in [0, 0.05) is 24.2 Å². The van der Waals surface area contributed by atoms with Gasteiger partial charge in [0.1, 0.15) is 17.4 Å². The number of benzene rings is 1. The van der Waals surface area contributed by atoms with Crippen molar-refractivity contribution >= 4 is 26.9 Å². The maximum atomic E-state index is 10.2. The van der Waals surface area contributed by atoms with Crippen LogP contribution in [0, 0.1) is 0 Å². The Bertz CT molecular complexity index is 694. The normalized spacial score (nSPS) is 12.7. The van der Waals surface area contributed by atoms with Crippen LogP contribution in [0.15, 0.2) is 57.7 Å². The Morgan fingerprint density at radius 3 is 2.74 bits per heavy atom. The van der Waals surface area contributed by atoms with Gasteiger partial charge in [0.2, 0.25) is 0 Å². The van der Waals surface area contributed by atoms with E-state index in [-0.39, 0.29) is 0 Å². The number of para-hydroxylation sites is 1. The molecular weight excluding hydrogens is 306 g/mol. The van der Waals surface area contributed by atoms with E-state index in [4.69, 9.17) is 4.42 Å². The highest BCUT2D eigenvalue weighted by Crippen LogP contribution is 2.30. The number of aliphatic hydroxyl groups is 1. The molecular formula is C15H12BrNO2. The first-order valence-corrected chi connectivity index (χ1v) is 6.78. The standard InChI is InChI=1S/C15H12BrNO2/c16-12-3-1-2-11-9-14(19-15(11)12)13(18)8-10-4-6-17-7-5-10/h1-7,9,13,18H,8H2. The minimum absolute atomic E-state index is 0.514. The number of hydrogen-bond acceptors (Lipinski definition) is 3. The summed E-state index contributed by atoms with van der Waals surface area (Å²) in [6, 6.07) is 11.5. The summed E-state index contributed by atoms with van der Waals surface area (Å²) in [6.45, 7) is 0. The summed E-state index contributed by atoms with van der Waals surface area (Å²) >= 11 is 3.44. The zero-order chi connectivity index (χ0) is 13.2. The molecule has 1 atom stereocenters. The summed E-state index contributed by atoms with van der Waals surface area (Å²) < 4.78 is 6.62. The van der Waals surface area contributed by atoms with Crippen LogP contribution < -0.4 is 0 Å². The first-order chi connectivity index (χ1) is 9.24. The molecule has 96 valence electrons. The Balaban J connectivity index is 1.89. The SMILES string of the molecule is OC(Cc1ccncc1)c1cc2cccc(Br)c2o1. The van der Waals surface area contributed by atoms with E-state index in [9.17, 15) is 5.11 Å². The van der Waals surface area contributed by atoms with E-state index < -0.39 is 6.10 Å². The van der Waals surface area contributed by atoms with E-state index in [1.54, 1.807) is 12.4 Å². The maximum Gasteiger partial charge on any atom is 0.148 e. The Labute approximate surface area is 119 Å². The topological polar surface area (TPSA) is 46.3 Å². The third kappa shape index (κ3) is 2.55. The Kier molecular flexibility index (Phi) is 3.36. The predicted octanol–water partition coefficient (Wildman–Crippen LogP) is 3.87. The van der Waals surface area contributed by atoms with Gasteiger partial charge in [-0.2, -0.15) is 0 Å². The molecule has 3 rings (SSSR count). The average Bonchev–Trinajstić information content (AvgIpc) is 2.85. The van der Waals surface area contributed by atoms with Gasteiger partial charge in [0.25, 0.3) is 0 Å². The van der Waals surface area contributed by atoms with Gasteiger partial charge in [0.05, 0.1) is 4.47 Å². The number of furan rings is 1. The fourth-order valence-corrected chi connectivity index (χ4v) is 2.52. The summed E-state index contributed by atoms with van der Waals surface area (Å²) in [7, 11) is 0. The number of rotatable bonds is 3. The molecule has 3 nitrogen and oxygen atoms in total. The fourth-order valence-electron chi connectivity index (χ4n) is 2.05. The van der Waals surface area contributed by atoms with E-state index >= 15 is 0 Å². The molecule has 0 spiro atoms. The van der Waals surface area contributed by atoms with Crippen LogP contribution in [0.3, 0.4) is 0 Å². The maximum absolute atomic E-state index is 10.2. The molecule has 2 heterocycles. The number of aromatic nitrogens is 1. The predicted molar refractivity (Wildman–Crippen MR) is 76.8 cm³/mol.